The molecule has 0 unspecified atom stereocenters. The van der Waals surface area contributed by atoms with Gasteiger partial charge in [-0.25, -0.2) is 0 Å². The molecule has 0 saturated heterocycles. The van der Waals surface area contributed by atoms with E-state index in [1.807, 2.05) is 6.20 Å². The largest absolute Gasteiger partial charge is 0.396 e. The second-order valence-corrected chi connectivity index (χ2v) is 2.59. The molecule has 1 aromatic rings. The fourth-order valence-electron chi connectivity index (χ4n) is 0.930. The first-order chi connectivity index (χ1) is 5.86. The van der Waals surface area contributed by atoms with Crippen LogP contribution < -0.4 is 5.73 Å². The molecule has 12 heavy (non-hydrogen) atoms. The van der Waals surface area contributed by atoms with Crippen molar-refractivity contribution in [1.29, 1.82) is 0 Å². The van der Waals surface area contributed by atoms with Crippen molar-refractivity contribution in [3.05, 3.63) is 11.9 Å². The van der Waals surface area contributed by atoms with Crippen LogP contribution in [-0.4, -0.2) is 33.3 Å². The minimum absolute atomic E-state index is 0.121. The first kappa shape index (κ1) is 9.15. The molecular formula is C7H14N4O. The molecule has 0 fully saturated rings. The predicted molar refractivity (Wildman–Crippen MR) is 44.5 cm³/mol. The summed E-state index contributed by atoms with van der Waals surface area (Å²) in [4.78, 5) is 0. The summed E-state index contributed by atoms with van der Waals surface area (Å²) in [5, 5.41) is 16.4. The van der Waals surface area contributed by atoms with Crippen LogP contribution in [0.25, 0.3) is 0 Å². The van der Waals surface area contributed by atoms with Crippen LogP contribution in [0.5, 0.6) is 0 Å². The van der Waals surface area contributed by atoms with Crippen molar-refractivity contribution < 1.29 is 5.11 Å². The maximum Gasteiger partial charge on any atom is 0.0849 e. The maximum absolute atomic E-state index is 8.61. The first-order valence-corrected chi connectivity index (χ1v) is 4.06. The molecule has 5 nitrogen and oxygen atoms in total. The third kappa shape index (κ3) is 2.60. The number of aromatic nitrogens is 3. The van der Waals surface area contributed by atoms with Crippen molar-refractivity contribution in [2.45, 2.75) is 19.4 Å². The van der Waals surface area contributed by atoms with Crippen LogP contribution in [0.4, 0.5) is 0 Å². The molecule has 1 heterocycles. The molecule has 0 amide bonds. The molecule has 0 aliphatic carbocycles. The highest BCUT2D eigenvalue weighted by atomic mass is 16.3. The average molecular weight is 170 g/mol. The molecule has 0 aliphatic heterocycles. The van der Waals surface area contributed by atoms with Gasteiger partial charge in [0.25, 0.3) is 0 Å². The summed E-state index contributed by atoms with van der Waals surface area (Å²) in [6.45, 7) is 1.58. The van der Waals surface area contributed by atoms with Crippen molar-refractivity contribution >= 4 is 0 Å². The molecule has 0 aromatic carbocycles. The number of hydrogen-bond donors (Lipinski definition) is 2. The van der Waals surface area contributed by atoms with Gasteiger partial charge in [-0.3, -0.25) is 4.68 Å². The number of aryl methyl sites for hydroxylation is 1. The predicted octanol–water partition coefficient (Wildman–Crippen LogP) is -0.838. The van der Waals surface area contributed by atoms with Gasteiger partial charge in [0.05, 0.1) is 5.69 Å². The van der Waals surface area contributed by atoms with E-state index in [0.29, 0.717) is 13.0 Å². The van der Waals surface area contributed by atoms with Crippen molar-refractivity contribution in [2.75, 3.05) is 13.2 Å². The SMILES string of the molecule is NCCCn1cc(CCO)nn1. The monoisotopic (exact) mass is 170 g/mol. The topological polar surface area (TPSA) is 77.0 Å². The molecule has 3 N–H and O–H groups in total. The van der Waals surface area contributed by atoms with Gasteiger partial charge in [-0.15, -0.1) is 5.10 Å². The van der Waals surface area contributed by atoms with Gasteiger partial charge in [0, 0.05) is 25.8 Å². The Morgan fingerprint density at radius 3 is 3.08 bits per heavy atom. The lowest BCUT2D eigenvalue weighted by Crippen LogP contribution is -2.06. The smallest absolute Gasteiger partial charge is 0.0849 e. The zero-order chi connectivity index (χ0) is 8.81. The zero-order valence-electron chi connectivity index (χ0n) is 6.98. The van der Waals surface area contributed by atoms with Crippen molar-refractivity contribution in [2.24, 2.45) is 5.73 Å². The van der Waals surface area contributed by atoms with Gasteiger partial charge in [-0.2, -0.15) is 0 Å². The minimum atomic E-state index is 0.121. The number of rotatable bonds is 5. The van der Waals surface area contributed by atoms with Crippen molar-refractivity contribution in [3.8, 4) is 0 Å². The molecule has 0 saturated carbocycles. The third-order valence-corrected chi connectivity index (χ3v) is 1.55. The van der Waals surface area contributed by atoms with Crippen molar-refractivity contribution in [1.82, 2.24) is 15.0 Å². The summed E-state index contributed by atoms with van der Waals surface area (Å²) in [7, 11) is 0. The van der Waals surface area contributed by atoms with Crippen LogP contribution in [0, 0.1) is 0 Å². The quantitative estimate of drug-likeness (QED) is 0.604. The molecule has 0 aliphatic rings. The van der Waals surface area contributed by atoms with Crippen molar-refractivity contribution in [3.63, 3.8) is 0 Å². The van der Waals surface area contributed by atoms with Crippen LogP contribution in [0.2, 0.25) is 0 Å². The Morgan fingerprint density at radius 2 is 2.42 bits per heavy atom. The number of nitrogens with two attached hydrogens (primary N) is 1. The molecule has 0 spiro atoms. The molecule has 68 valence electrons. The number of aliphatic hydroxyl groups excluding tert-OH is 1. The lowest BCUT2D eigenvalue weighted by atomic mass is 10.3. The second-order valence-electron chi connectivity index (χ2n) is 2.59. The molecule has 0 radical (unpaired) electrons. The Balaban J connectivity index is 2.41. The van der Waals surface area contributed by atoms with Crippen LogP contribution in [-0.2, 0) is 13.0 Å². The van der Waals surface area contributed by atoms with Crippen LogP contribution >= 0.6 is 0 Å². The van der Waals surface area contributed by atoms with Gasteiger partial charge in [-0.05, 0) is 13.0 Å². The fourth-order valence-corrected chi connectivity index (χ4v) is 0.930. The Bertz CT molecular complexity index is 223. The molecule has 1 aromatic heterocycles. The van der Waals surface area contributed by atoms with Gasteiger partial charge in [0.1, 0.15) is 0 Å². The van der Waals surface area contributed by atoms with E-state index in [2.05, 4.69) is 10.3 Å². The molecular weight excluding hydrogens is 156 g/mol. The Hall–Kier alpha value is -0.940. The van der Waals surface area contributed by atoms with Gasteiger partial charge < -0.3 is 10.8 Å². The van der Waals surface area contributed by atoms with E-state index >= 15 is 0 Å². The van der Waals surface area contributed by atoms with E-state index in [1.54, 1.807) is 4.68 Å². The van der Waals surface area contributed by atoms with Gasteiger partial charge in [0.15, 0.2) is 0 Å². The normalized spacial score (nSPS) is 10.5. The zero-order valence-corrected chi connectivity index (χ0v) is 6.98. The van der Waals surface area contributed by atoms with E-state index < -0.39 is 0 Å². The van der Waals surface area contributed by atoms with E-state index in [0.717, 1.165) is 18.7 Å². The molecule has 1 rings (SSSR count). The summed E-state index contributed by atoms with van der Waals surface area (Å²) in [5.74, 6) is 0. The highest BCUT2D eigenvalue weighted by Gasteiger charge is 1.98. The highest BCUT2D eigenvalue weighted by molar-refractivity contribution is 4.91. The number of hydrogen-bond acceptors (Lipinski definition) is 4. The maximum atomic E-state index is 8.61. The van der Waals surface area contributed by atoms with E-state index in [-0.39, 0.29) is 6.61 Å². The van der Waals surface area contributed by atoms with Crippen LogP contribution in [0.3, 0.4) is 0 Å². The molecule has 5 heteroatoms. The van der Waals surface area contributed by atoms with Gasteiger partial charge in [-0.1, -0.05) is 5.21 Å². The lowest BCUT2D eigenvalue weighted by molar-refractivity contribution is 0.298. The van der Waals surface area contributed by atoms with Crippen LogP contribution in [0.15, 0.2) is 6.20 Å². The summed E-state index contributed by atoms with van der Waals surface area (Å²) < 4.78 is 1.75. The summed E-state index contributed by atoms with van der Waals surface area (Å²) >= 11 is 0. The first-order valence-electron chi connectivity index (χ1n) is 4.06. The molecule has 0 bridgehead atoms. The Labute approximate surface area is 71.2 Å². The van der Waals surface area contributed by atoms with Crippen LogP contribution in [0.1, 0.15) is 12.1 Å². The third-order valence-electron chi connectivity index (χ3n) is 1.55. The van der Waals surface area contributed by atoms with Gasteiger partial charge in [0.2, 0.25) is 0 Å². The fraction of sp³-hybridized carbons (Fsp3) is 0.714. The standard InChI is InChI=1S/C7H14N4O/c8-3-1-4-11-6-7(2-5-12)9-10-11/h6,12H,1-5,8H2. The highest BCUT2D eigenvalue weighted by Crippen LogP contribution is 1.94. The second kappa shape index (κ2) is 4.84. The number of nitrogens with zero attached hydrogens (tertiary/aromatic N) is 3. The molecule has 0 atom stereocenters. The summed E-state index contributed by atoms with van der Waals surface area (Å²) in [6, 6.07) is 0. The summed E-state index contributed by atoms with van der Waals surface area (Å²) in [5.41, 5.74) is 6.17. The van der Waals surface area contributed by atoms with E-state index in [1.165, 1.54) is 0 Å². The summed E-state index contributed by atoms with van der Waals surface area (Å²) in [6.07, 6.45) is 3.32. The average Bonchev–Trinajstić information content (AvgIpc) is 2.50. The lowest BCUT2D eigenvalue weighted by Gasteiger charge is -1.95. The van der Waals surface area contributed by atoms with E-state index in [4.69, 9.17) is 10.8 Å². The van der Waals surface area contributed by atoms with Gasteiger partial charge >= 0.3 is 0 Å². The van der Waals surface area contributed by atoms with E-state index in [9.17, 15) is 0 Å². The minimum Gasteiger partial charge on any atom is -0.396 e. The number of aliphatic hydroxyl groups is 1. The Kier molecular flexibility index (Phi) is 3.69. The Morgan fingerprint density at radius 1 is 1.58 bits per heavy atom.